The molecule has 0 saturated carbocycles. The summed E-state index contributed by atoms with van der Waals surface area (Å²) in [6, 6.07) is 0. The van der Waals surface area contributed by atoms with Crippen molar-refractivity contribution in [1.82, 2.24) is 0 Å². The molecule has 6 heteroatoms. The summed E-state index contributed by atoms with van der Waals surface area (Å²) in [5, 5.41) is 19.5. The summed E-state index contributed by atoms with van der Waals surface area (Å²) < 4.78 is 11.0. The molecule has 0 aliphatic rings. The van der Waals surface area contributed by atoms with Gasteiger partial charge in [-0.1, -0.05) is 13.8 Å². The predicted molar refractivity (Wildman–Crippen MR) is 79.3 cm³/mol. The van der Waals surface area contributed by atoms with Gasteiger partial charge in [-0.05, 0) is 18.4 Å². The van der Waals surface area contributed by atoms with Crippen molar-refractivity contribution in [2.24, 2.45) is 0 Å². The summed E-state index contributed by atoms with van der Waals surface area (Å²) in [5.74, 6) is 1.94. The Morgan fingerprint density at radius 3 is 1.67 bits per heavy atom. The maximum atomic E-state index is 10.00. The second-order valence-electron chi connectivity index (χ2n) is 3.91. The van der Waals surface area contributed by atoms with E-state index in [1.807, 2.05) is 0 Å². The van der Waals surface area contributed by atoms with Crippen molar-refractivity contribution >= 4 is 23.5 Å². The molecular weight excluding hydrogens is 272 g/mol. The minimum atomic E-state index is -0.947. The lowest BCUT2D eigenvalue weighted by atomic mass is 10.0. The molecule has 0 saturated heterocycles. The average Bonchev–Trinajstić information content (AvgIpc) is 2.34. The van der Waals surface area contributed by atoms with Crippen LogP contribution in [-0.4, -0.2) is 64.9 Å². The zero-order chi connectivity index (χ0) is 14.1. The SMILES string of the molecule is CCSC(SCC)[C@H](OC)[C@H](OC)[C@H](O)[C@@H](C)O. The zero-order valence-corrected chi connectivity index (χ0v) is 13.5. The van der Waals surface area contributed by atoms with Crippen LogP contribution in [0.5, 0.6) is 0 Å². The van der Waals surface area contributed by atoms with Gasteiger partial charge in [-0.15, -0.1) is 23.5 Å². The van der Waals surface area contributed by atoms with Crippen LogP contribution in [0.1, 0.15) is 20.8 Å². The first-order valence-electron chi connectivity index (χ1n) is 6.18. The molecule has 18 heavy (non-hydrogen) atoms. The van der Waals surface area contributed by atoms with E-state index in [4.69, 9.17) is 9.47 Å². The first-order valence-corrected chi connectivity index (χ1v) is 8.28. The highest BCUT2D eigenvalue weighted by Gasteiger charge is 2.36. The molecule has 110 valence electrons. The van der Waals surface area contributed by atoms with Gasteiger partial charge < -0.3 is 19.7 Å². The van der Waals surface area contributed by atoms with Gasteiger partial charge in [0.05, 0.1) is 10.7 Å². The van der Waals surface area contributed by atoms with Gasteiger partial charge in [0, 0.05) is 14.2 Å². The van der Waals surface area contributed by atoms with Crippen LogP contribution >= 0.6 is 23.5 Å². The number of thioether (sulfide) groups is 2. The van der Waals surface area contributed by atoms with Gasteiger partial charge in [-0.3, -0.25) is 0 Å². The van der Waals surface area contributed by atoms with Gasteiger partial charge in [0.1, 0.15) is 18.3 Å². The molecule has 0 aromatic rings. The monoisotopic (exact) mass is 298 g/mol. The second kappa shape index (κ2) is 10.3. The summed E-state index contributed by atoms with van der Waals surface area (Å²) in [4.78, 5) is 0. The largest absolute Gasteiger partial charge is 0.391 e. The van der Waals surface area contributed by atoms with E-state index < -0.39 is 18.3 Å². The van der Waals surface area contributed by atoms with Crippen molar-refractivity contribution in [2.75, 3.05) is 25.7 Å². The van der Waals surface area contributed by atoms with E-state index in [-0.39, 0.29) is 10.7 Å². The van der Waals surface area contributed by atoms with Crippen LogP contribution in [0.25, 0.3) is 0 Å². The third-order valence-corrected chi connectivity index (χ3v) is 5.31. The van der Waals surface area contributed by atoms with Crippen molar-refractivity contribution in [3.05, 3.63) is 0 Å². The van der Waals surface area contributed by atoms with Crippen molar-refractivity contribution < 1.29 is 19.7 Å². The van der Waals surface area contributed by atoms with Crippen LogP contribution in [0, 0.1) is 0 Å². The van der Waals surface area contributed by atoms with Gasteiger partial charge >= 0.3 is 0 Å². The van der Waals surface area contributed by atoms with Crippen LogP contribution in [0.4, 0.5) is 0 Å². The number of rotatable bonds is 10. The standard InChI is InChI=1S/C12H26O4S2/c1-6-17-12(18-7-2)11(16-5)10(15-4)9(14)8(3)13/h8-14H,6-7H2,1-5H3/t8-,9-,10-,11-/m1/s1. The summed E-state index contributed by atoms with van der Waals surface area (Å²) in [7, 11) is 3.15. The normalized spacial score (nSPS) is 18.7. The molecule has 0 bridgehead atoms. The fraction of sp³-hybridized carbons (Fsp3) is 1.00. The number of aliphatic hydroxyl groups excluding tert-OH is 2. The number of ether oxygens (including phenoxy) is 2. The third kappa shape index (κ3) is 5.67. The molecule has 0 amide bonds. The lowest BCUT2D eigenvalue weighted by Gasteiger charge is -2.34. The van der Waals surface area contributed by atoms with Gasteiger partial charge in [0.2, 0.25) is 0 Å². The minimum Gasteiger partial charge on any atom is -0.391 e. The predicted octanol–water partition coefficient (Wildman–Crippen LogP) is 1.59. The molecule has 4 nitrogen and oxygen atoms in total. The highest BCUT2D eigenvalue weighted by atomic mass is 32.2. The second-order valence-corrected chi connectivity index (χ2v) is 7.05. The summed E-state index contributed by atoms with van der Waals surface area (Å²) in [6.45, 7) is 5.74. The van der Waals surface area contributed by atoms with Crippen molar-refractivity contribution in [3.8, 4) is 0 Å². The number of hydrogen-bond acceptors (Lipinski definition) is 6. The van der Waals surface area contributed by atoms with Crippen LogP contribution < -0.4 is 0 Å². The molecule has 0 aliphatic carbocycles. The Kier molecular flexibility index (Phi) is 10.7. The minimum absolute atomic E-state index is 0.184. The van der Waals surface area contributed by atoms with E-state index in [1.165, 1.54) is 7.11 Å². The summed E-state index contributed by atoms with van der Waals surface area (Å²) >= 11 is 3.54. The quantitative estimate of drug-likeness (QED) is 0.597. The van der Waals surface area contributed by atoms with Crippen molar-refractivity contribution in [3.63, 3.8) is 0 Å². The topological polar surface area (TPSA) is 58.9 Å². The average molecular weight is 298 g/mol. The molecule has 0 fully saturated rings. The molecule has 4 atom stereocenters. The van der Waals surface area contributed by atoms with E-state index >= 15 is 0 Å². The summed E-state index contributed by atoms with van der Waals surface area (Å²) in [6.07, 6.45) is -2.57. The number of hydrogen-bond donors (Lipinski definition) is 2. The summed E-state index contributed by atoms with van der Waals surface area (Å²) in [5.41, 5.74) is 0. The molecule has 0 rings (SSSR count). The van der Waals surface area contributed by atoms with Crippen LogP contribution in [0.3, 0.4) is 0 Å². The number of aliphatic hydroxyl groups is 2. The maximum Gasteiger partial charge on any atom is 0.113 e. The zero-order valence-electron chi connectivity index (χ0n) is 11.8. The highest BCUT2D eigenvalue weighted by molar-refractivity contribution is 8.17. The van der Waals surface area contributed by atoms with E-state index in [1.54, 1.807) is 37.6 Å². The molecule has 0 aromatic carbocycles. The highest BCUT2D eigenvalue weighted by Crippen LogP contribution is 2.31. The Hall–Kier alpha value is 0.540. The fourth-order valence-corrected chi connectivity index (χ4v) is 4.48. The molecule has 0 aromatic heterocycles. The smallest absolute Gasteiger partial charge is 0.113 e. The molecule has 0 aliphatic heterocycles. The Morgan fingerprint density at radius 2 is 1.39 bits per heavy atom. The molecule has 2 N–H and O–H groups in total. The van der Waals surface area contributed by atoms with E-state index in [0.717, 1.165) is 11.5 Å². The van der Waals surface area contributed by atoms with Crippen molar-refractivity contribution in [2.45, 2.75) is 49.8 Å². The first kappa shape index (κ1) is 18.5. The van der Waals surface area contributed by atoms with E-state index in [0.29, 0.717) is 0 Å². The van der Waals surface area contributed by atoms with Gasteiger partial charge in [0.15, 0.2) is 0 Å². The Bertz CT molecular complexity index is 199. The van der Waals surface area contributed by atoms with Crippen LogP contribution in [0.2, 0.25) is 0 Å². The Balaban J connectivity index is 4.84. The van der Waals surface area contributed by atoms with Gasteiger partial charge in [0.25, 0.3) is 0 Å². The number of methoxy groups -OCH3 is 2. The van der Waals surface area contributed by atoms with Gasteiger partial charge in [-0.2, -0.15) is 0 Å². The molecule has 0 heterocycles. The lowest BCUT2D eigenvalue weighted by molar-refractivity contribution is -0.121. The molecule has 0 radical (unpaired) electrons. The van der Waals surface area contributed by atoms with Crippen LogP contribution in [-0.2, 0) is 9.47 Å². The first-order chi connectivity index (χ1) is 8.53. The van der Waals surface area contributed by atoms with E-state index in [2.05, 4.69) is 13.8 Å². The molecule has 0 spiro atoms. The third-order valence-electron chi connectivity index (χ3n) is 2.63. The Labute approximate surface area is 119 Å². The lowest BCUT2D eigenvalue weighted by Crippen LogP contribution is -2.49. The molecular formula is C12H26O4S2. The van der Waals surface area contributed by atoms with Gasteiger partial charge in [-0.25, -0.2) is 0 Å². The van der Waals surface area contributed by atoms with Crippen molar-refractivity contribution in [1.29, 1.82) is 0 Å². The van der Waals surface area contributed by atoms with Crippen LogP contribution in [0.15, 0.2) is 0 Å². The van der Waals surface area contributed by atoms with E-state index in [9.17, 15) is 10.2 Å². The maximum absolute atomic E-state index is 10.00. The molecule has 0 unspecified atom stereocenters. The Morgan fingerprint density at radius 1 is 0.944 bits per heavy atom. The fourth-order valence-electron chi connectivity index (χ4n) is 1.71.